The zero-order chi connectivity index (χ0) is 13.4. The van der Waals surface area contributed by atoms with Crippen molar-refractivity contribution in [2.24, 2.45) is 4.99 Å². The molecule has 3 nitrogen and oxygen atoms in total. The number of nitrogens with one attached hydrogen (secondary N) is 1. The van der Waals surface area contributed by atoms with Gasteiger partial charge < -0.3 is 10.2 Å². The summed E-state index contributed by atoms with van der Waals surface area (Å²) in [6, 6.07) is 4.22. The number of guanidine groups is 1. The van der Waals surface area contributed by atoms with Crippen LogP contribution in [0.3, 0.4) is 0 Å². The quantitative estimate of drug-likeness (QED) is 0.237. The number of halogens is 2. The third-order valence-electron chi connectivity index (χ3n) is 2.43. The van der Waals surface area contributed by atoms with Gasteiger partial charge in [-0.2, -0.15) is 0 Å². The molecule has 0 atom stereocenters. The Morgan fingerprint density at radius 1 is 1.53 bits per heavy atom. The summed E-state index contributed by atoms with van der Waals surface area (Å²) in [4.78, 5) is 7.74. The Morgan fingerprint density at radius 3 is 2.79 bits per heavy atom. The standard InChI is InChI=1S/C13H20BrN3S.HI/c1-4-5-6-9-16-13(15-2)17(3)10-11-7-8-12(14)18-11;/h4-5,7-8H,6,9-10H2,1-3H3,(H,15,16);1H/b5-4+;. The minimum atomic E-state index is 0. The molecule has 1 rings (SSSR count). The van der Waals surface area contributed by atoms with Crippen molar-refractivity contribution in [3.8, 4) is 0 Å². The zero-order valence-electron chi connectivity index (χ0n) is 11.5. The highest BCUT2D eigenvalue weighted by molar-refractivity contribution is 14.0. The summed E-state index contributed by atoms with van der Waals surface area (Å²) in [6.45, 7) is 3.82. The van der Waals surface area contributed by atoms with Crippen LogP contribution in [0.1, 0.15) is 18.2 Å². The number of nitrogens with zero attached hydrogens (tertiary/aromatic N) is 2. The van der Waals surface area contributed by atoms with Crippen molar-refractivity contribution < 1.29 is 0 Å². The molecule has 0 aliphatic heterocycles. The van der Waals surface area contributed by atoms with Crippen LogP contribution in [0.15, 0.2) is 33.1 Å². The fraction of sp³-hybridized carbons (Fsp3) is 0.462. The highest BCUT2D eigenvalue weighted by Crippen LogP contribution is 2.22. The van der Waals surface area contributed by atoms with Gasteiger partial charge in [0.2, 0.25) is 0 Å². The van der Waals surface area contributed by atoms with Crippen molar-refractivity contribution in [2.45, 2.75) is 19.9 Å². The lowest BCUT2D eigenvalue weighted by atomic mass is 10.4. The van der Waals surface area contributed by atoms with E-state index in [1.807, 2.05) is 14.0 Å². The Kier molecular flexibility index (Phi) is 10.6. The number of allylic oxidation sites excluding steroid dienone is 1. The van der Waals surface area contributed by atoms with Gasteiger partial charge in [-0.15, -0.1) is 35.3 Å². The van der Waals surface area contributed by atoms with Crippen LogP contribution in [0.25, 0.3) is 0 Å². The predicted octanol–water partition coefficient (Wildman–Crippen LogP) is 4.10. The van der Waals surface area contributed by atoms with E-state index in [2.05, 4.69) is 62.5 Å². The maximum Gasteiger partial charge on any atom is 0.193 e. The van der Waals surface area contributed by atoms with Crippen LogP contribution in [-0.4, -0.2) is 31.5 Å². The molecule has 1 N–H and O–H groups in total. The maximum atomic E-state index is 4.29. The predicted molar refractivity (Wildman–Crippen MR) is 99.7 cm³/mol. The van der Waals surface area contributed by atoms with Crippen molar-refractivity contribution in [1.82, 2.24) is 10.2 Å². The topological polar surface area (TPSA) is 27.6 Å². The molecule has 6 heteroatoms. The molecular formula is C13H21BrIN3S. The SMILES string of the molecule is C/C=C/CCNC(=NC)N(C)Cc1ccc(Br)s1.I. The van der Waals surface area contributed by atoms with E-state index in [0.717, 1.165) is 25.5 Å². The fourth-order valence-corrected chi connectivity index (χ4v) is 3.10. The Balaban J connectivity index is 0.00000324. The molecule has 0 aromatic carbocycles. The van der Waals surface area contributed by atoms with Gasteiger partial charge >= 0.3 is 0 Å². The third kappa shape index (κ3) is 7.31. The normalized spacial score (nSPS) is 11.5. The monoisotopic (exact) mass is 457 g/mol. The third-order valence-corrected chi connectivity index (χ3v) is 4.03. The number of hydrogen-bond acceptors (Lipinski definition) is 2. The Bertz CT molecular complexity index is 418. The molecule has 0 spiro atoms. The highest BCUT2D eigenvalue weighted by Gasteiger charge is 2.07. The molecule has 19 heavy (non-hydrogen) atoms. The Morgan fingerprint density at radius 2 is 2.26 bits per heavy atom. The molecule has 0 aliphatic carbocycles. The molecule has 0 bridgehead atoms. The first-order valence-corrected chi connectivity index (χ1v) is 7.55. The average molecular weight is 458 g/mol. The summed E-state index contributed by atoms with van der Waals surface area (Å²) in [5, 5.41) is 3.35. The number of hydrogen-bond donors (Lipinski definition) is 1. The van der Waals surface area contributed by atoms with Gasteiger partial charge in [-0.25, -0.2) is 0 Å². The van der Waals surface area contributed by atoms with Crippen molar-refractivity contribution in [2.75, 3.05) is 20.6 Å². The largest absolute Gasteiger partial charge is 0.356 e. The van der Waals surface area contributed by atoms with Gasteiger partial charge in [-0.3, -0.25) is 4.99 Å². The van der Waals surface area contributed by atoms with Crippen LogP contribution in [0.4, 0.5) is 0 Å². The van der Waals surface area contributed by atoms with E-state index >= 15 is 0 Å². The maximum absolute atomic E-state index is 4.29. The minimum Gasteiger partial charge on any atom is -0.356 e. The van der Waals surface area contributed by atoms with Crippen molar-refractivity contribution >= 4 is 57.2 Å². The lowest BCUT2D eigenvalue weighted by Crippen LogP contribution is -2.38. The molecule has 0 aliphatic rings. The molecule has 0 saturated heterocycles. The van der Waals surface area contributed by atoms with Gasteiger partial charge in [0.25, 0.3) is 0 Å². The first-order chi connectivity index (χ1) is 8.67. The summed E-state index contributed by atoms with van der Waals surface area (Å²) in [6.07, 6.45) is 5.24. The first-order valence-electron chi connectivity index (χ1n) is 5.94. The molecule has 0 fully saturated rings. The number of rotatable bonds is 5. The van der Waals surface area contributed by atoms with E-state index in [-0.39, 0.29) is 24.0 Å². The van der Waals surface area contributed by atoms with Gasteiger partial charge in [0.1, 0.15) is 0 Å². The van der Waals surface area contributed by atoms with Crippen LogP contribution in [0.5, 0.6) is 0 Å². The van der Waals surface area contributed by atoms with Gasteiger partial charge in [0.15, 0.2) is 5.96 Å². The molecule has 0 saturated carbocycles. The number of aliphatic imine (C=N–C) groups is 1. The molecule has 1 aromatic heterocycles. The van der Waals surface area contributed by atoms with E-state index in [4.69, 9.17) is 0 Å². The van der Waals surface area contributed by atoms with Gasteiger partial charge in [-0.1, -0.05) is 12.2 Å². The van der Waals surface area contributed by atoms with Gasteiger partial charge in [0, 0.05) is 25.5 Å². The first kappa shape index (κ1) is 18.9. The minimum absolute atomic E-state index is 0. The van der Waals surface area contributed by atoms with Crippen molar-refractivity contribution in [3.05, 3.63) is 32.9 Å². The van der Waals surface area contributed by atoms with Gasteiger partial charge in [-0.05, 0) is 41.4 Å². The molecule has 1 aromatic rings. The highest BCUT2D eigenvalue weighted by atomic mass is 127. The fourth-order valence-electron chi connectivity index (χ4n) is 1.56. The number of thiophene rings is 1. The summed E-state index contributed by atoms with van der Waals surface area (Å²) in [7, 11) is 3.87. The molecule has 1 heterocycles. The Labute approximate surface area is 145 Å². The van der Waals surface area contributed by atoms with Crippen LogP contribution >= 0.6 is 51.2 Å². The van der Waals surface area contributed by atoms with E-state index in [9.17, 15) is 0 Å². The smallest absolute Gasteiger partial charge is 0.193 e. The van der Waals surface area contributed by atoms with Crippen LogP contribution in [0, 0.1) is 0 Å². The summed E-state index contributed by atoms with van der Waals surface area (Å²) >= 11 is 5.24. The van der Waals surface area contributed by atoms with Crippen molar-refractivity contribution in [3.63, 3.8) is 0 Å². The van der Waals surface area contributed by atoms with E-state index in [0.29, 0.717) is 0 Å². The summed E-state index contributed by atoms with van der Waals surface area (Å²) in [5.41, 5.74) is 0. The lowest BCUT2D eigenvalue weighted by molar-refractivity contribution is 0.482. The van der Waals surface area contributed by atoms with E-state index in [1.54, 1.807) is 11.3 Å². The summed E-state index contributed by atoms with van der Waals surface area (Å²) < 4.78 is 1.17. The van der Waals surface area contributed by atoms with Crippen LogP contribution in [-0.2, 0) is 6.54 Å². The lowest BCUT2D eigenvalue weighted by Gasteiger charge is -2.21. The second kappa shape index (κ2) is 10.7. The van der Waals surface area contributed by atoms with Crippen molar-refractivity contribution in [1.29, 1.82) is 0 Å². The zero-order valence-corrected chi connectivity index (χ0v) is 16.3. The van der Waals surface area contributed by atoms with E-state index in [1.165, 1.54) is 8.66 Å². The molecule has 0 amide bonds. The second-order valence-corrected chi connectivity index (χ2v) is 6.44. The Hall–Kier alpha value is -0.0800. The molecule has 0 unspecified atom stereocenters. The van der Waals surface area contributed by atoms with Crippen LogP contribution < -0.4 is 5.32 Å². The van der Waals surface area contributed by atoms with Crippen LogP contribution in [0.2, 0.25) is 0 Å². The molecule has 108 valence electrons. The summed E-state index contributed by atoms with van der Waals surface area (Å²) in [5.74, 6) is 0.934. The van der Waals surface area contributed by atoms with E-state index < -0.39 is 0 Å². The van der Waals surface area contributed by atoms with Gasteiger partial charge in [0.05, 0.1) is 10.3 Å². The second-order valence-electron chi connectivity index (χ2n) is 3.89. The molecular weight excluding hydrogens is 437 g/mol. The average Bonchev–Trinajstić information content (AvgIpc) is 2.75. The molecule has 0 radical (unpaired) electrons.